The lowest BCUT2D eigenvalue weighted by atomic mass is 10.0. The zero-order chi connectivity index (χ0) is 54.6. The Kier molecular flexibility index (Phi) is 33.4. The molecule has 0 fully saturated rings. The number of aliphatic imine (C=N–C) groups is 1. The van der Waals surface area contributed by atoms with E-state index in [1.54, 1.807) is 24.3 Å². The van der Waals surface area contributed by atoms with Gasteiger partial charge in [-0.25, -0.2) is 4.79 Å². The van der Waals surface area contributed by atoms with E-state index >= 15 is 0 Å². The molecule has 0 unspecified atom stereocenters. The predicted octanol–water partition coefficient (Wildman–Crippen LogP) is -2.26. The molecule has 0 aliphatic rings. The third-order valence-electron chi connectivity index (χ3n) is 10.4. The molecule has 0 spiro atoms. The molecular formula is C47H78N12O14. The van der Waals surface area contributed by atoms with Crippen LogP contribution in [0.2, 0.25) is 0 Å². The standard InChI is InChI=1S/C47H78N12O14/c1-30(2)25-38(43(67)55-27-39(62)51-21-22-71-23-24-72-29-34(61)26-54-35(15-16-40(63)64)42(66)52-20-17-31(3)60)58-45(69)36(13-8-9-18-48)57-41(65)32(4)56-44(68)37(14-10-19-53-46(49)50)59-47(70)73-28-33-11-6-5-7-12-33/h5-7,11-12,30,32,35-38,54H,8-10,13-29,48H2,1-4H3,(H,51,62)(H,52,66)(H,55,67)(H,56,68)(H,57,65)(H,58,69)(H,59,70)(H,63,64)(H4,49,50,53)/t32-,35-,36-,37-,38-/m0/s1. The molecule has 0 saturated heterocycles. The number of carboxylic acid groups (broad SMARTS) is 1. The summed E-state index contributed by atoms with van der Waals surface area (Å²) in [5.74, 6) is -5.71. The number of nitrogens with two attached hydrogens (primary N) is 3. The highest BCUT2D eigenvalue weighted by Gasteiger charge is 2.30. The number of alkyl carbamates (subject to hydrolysis) is 1. The Bertz CT molecular complexity index is 1940. The molecular weight excluding hydrogens is 957 g/mol. The van der Waals surface area contributed by atoms with Gasteiger partial charge in [0.1, 0.15) is 43.2 Å². The first kappa shape index (κ1) is 64.2. The number of hydrogen-bond acceptors (Lipinski definition) is 16. The maximum Gasteiger partial charge on any atom is 0.408 e. The number of nitrogens with one attached hydrogen (secondary N) is 8. The highest BCUT2D eigenvalue weighted by atomic mass is 16.5. The van der Waals surface area contributed by atoms with Gasteiger partial charge in [0.2, 0.25) is 35.4 Å². The van der Waals surface area contributed by atoms with Crippen LogP contribution in [0.25, 0.3) is 0 Å². The Morgan fingerprint density at radius 1 is 0.658 bits per heavy atom. The second kappa shape index (κ2) is 37.9. The Morgan fingerprint density at radius 3 is 1.96 bits per heavy atom. The largest absolute Gasteiger partial charge is 0.481 e. The normalized spacial score (nSPS) is 12.9. The molecule has 0 aromatic heterocycles. The van der Waals surface area contributed by atoms with Gasteiger partial charge in [0.05, 0.1) is 39.0 Å². The van der Waals surface area contributed by atoms with E-state index in [4.69, 9.17) is 36.5 Å². The van der Waals surface area contributed by atoms with Crippen molar-refractivity contribution in [3.05, 3.63) is 35.9 Å². The number of aliphatic carboxylic acids is 1. The fourth-order valence-corrected chi connectivity index (χ4v) is 6.48. The van der Waals surface area contributed by atoms with Crippen LogP contribution < -0.4 is 59.7 Å². The molecule has 0 aliphatic carbocycles. The van der Waals surface area contributed by atoms with E-state index in [1.807, 2.05) is 19.9 Å². The van der Waals surface area contributed by atoms with Crippen LogP contribution in [0.1, 0.15) is 91.0 Å². The third kappa shape index (κ3) is 32.0. The number of carbonyl (C=O) groups excluding carboxylic acids is 9. The van der Waals surface area contributed by atoms with Gasteiger partial charge < -0.3 is 73.7 Å². The summed E-state index contributed by atoms with van der Waals surface area (Å²) in [5.41, 5.74) is 17.2. The summed E-state index contributed by atoms with van der Waals surface area (Å²) in [6.45, 7) is 6.18. The molecule has 26 heteroatoms. The Balaban J connectivity index is 2.69. The second-order valence-corrected chi connectivity index (χ2v) is 17.4. The lowest BCUT2D eigenvalue weighted by Gasteiger charge is -2.26. The van der Waals surface area contributed by atoms with Gasteiger partial charge in [-0.05, 0) is 76.8 Å². The van der Waals surface area contributed by atoms with E-state index in [-0.39, 0.29) is 122 Å². The first-order valence-electron chi connectivity index (χ1n) is 24.3. The summed E-state index contributed by atoms with van der Waals surface area (Å²) in [6.07, 6.45) is 0.527. The van der Waals surface area contributed by atoms with Gasteiger partial charge in [0.15, 0.2) is 11.7 Å². The monoisotopic (exact) mass is 1030 g/mol. The molecule has 410 valence electrons. The number of carboxylic acids is 1. The first-order valence-corrected chi connectivity index (χ1v) is 24.3. The Morgan fingerprint density at radius 2 is 1.30 bits per heavy atom. The van der Waals surface area contributed by atoms with Crippen molar-refractivity contribution in [3.63, 3.8) is 0 Å². The molecule has 0 radical (unpaired) electrons. The number of Topliss-reactive ketones (excluding diaryl/α,β-unsaturated/α-hetero) is 2. The fourth-order valence-electron chi connectivity index (χ4n) is 6.48. The molecule has 1 aromatic carbocycles. The SMILES string of the molecule is CC(=O)CCNC(=O)[C@H](CCC(=O)O)NCC(=O)COCCOCCNC(=O)CNC(=O)[C@H](CC(C)C)NC(=O)[C@H](CCCCN)NC(=O)[C@H](C)NC(=O)[C@H](CCCN=C(N)N)NC(=O)OCc1ccccc1. The van der Waals surface area contributed by atoms with Crippen molar-refractivity contribution in [2.75, 3.05) is 65.7 Å². The number of hydrogen-bond donors (Lipinski definition) is 12. The summed E-state index contributed by atoms with van der Waals surface area (Å²) in [5, 5.41) is 29.8. The minimum atomic E-state index is -1.19. The number of unbranched alkanes of at least 4 members (excludes halogenated alkanes) is 1. The molecule has 5 atom stereocenters. The molecule has 15 N–H and O–H groups in total. The first-order chi connectivity index (χ1) is 34.7. The number of rotatable bonds is 40. The van der Waals surface area contributed by atoms with Gasteiger partial charge in [0.25, 0.3) is 0 Å². The average Bonchev–Trinajstić information content (AvgIpc) is 3.33. The van der Waals surface area contributed by atoms with Crippen LogP contribution in [0.15, 0.2) is 35.3 Å². The second-order valence-electron chi connectivity index (χ2n) is 17.4. The highest BCUT2D eigenvalue weighted by Crippen LogP contribution is 2.09. The topological polar surface area (TPSA) is 405 Å². The maximum atomic E-state index is 13.7. The lowest BCUT2D eigenvalue weighted by Crippen LogP contribution is -2.58. The van der Waals surface area contributed by atoms with Gasteiger partial charge in [0, 0.05) is 32.5 Å². The number of ketones is 2. The van der Waals surface area contributed by atoms with Crippen molar-refractivity contribution in [3.8, 4) is 0 Å². The summed E-state index contributed by atoms with van der Waals surface area (Å²) >= 11 is 0. The fraction of sp³-hybridized carbons (Fsp3) is 0.638. The third-order valence-corrected chi connectivity index (χ3v) is 10.4. The zero-order valence-corrected chi connectivity index (χ0v) is 42.4. The smallest absolute Gasteiger partial charge is 0.408 e. The van der Waals surface area contributed by atoms with Crippen molar-refractivity contribution in [1.82, 2.24) is 42.5 Å². The average molecular weight is 1040 g/mol. The minimum absolute atomic E-state index is 0.0250. The molecule has 26 nitrogen and oxygen atoms in total. The van der Waals surface area contributed by atoms with E-state index in [1.165, 1.54) is 13.8 Å². The number of ether oxygens (including phenoxy) is 3. The predicted molar refractivity (Wildman–Crippen MR) is 267 cm³/mol. The van der Waals surface area contributed by atoms with Crippen LogP contribution in [-0.2, 0) is 64.0 Å². The summed E-state index contributed by atoms with van der Waals surface area (Å²) < 4.78 is 16.0. The van der Waals surface area contributed by atoms with Crippen LogP contribution in [0.5, 0.6) is 0 Å². The van der Waals surface area contributed by atoms with Crippen LogP contribution in [-0.4, -0.2) is 166 Å². The van der Waals surface area contributed by atoms with Crippen molar-refractivity contribution in [2.24, 2.45) is 28.1 Å². The maximum absolute atomic E-state index is 13.7. The summed E-state index contributed by atoms with van der Waals surface area (Å²) in [7, 11) is 0. The molecule has 0 aliphatic heterocycles. The van der Waals surface area contributed by atoms with E-state index in [0.717, 1.165) is 5.56 Å². The Labute approximate surface area is 425 Å². The van der Waals surface area contributed by atoms with Crippen LogP contribution in [0.3, 0.4) is 0 Å². The van der Waals surface area contributed by atoms with Crippen molar-refractivity contribution in [2.45, 2.75) is 122 Å². The number of guanidine groups is 1. The number of benzene rings is 1. The van der Waals surface area contributed by atoms with E-state index in [0.29, 0.717) is 19.4 Å². The summed E-state index contributed by atoms with van der Waals surface area (Å²) in [4.78, 5) is 130. The molecule has 0 saturated carbocycles. The summed E-state index contributed by atoms with van der Waals surface area (Å²) in [6, 6.07) is 3.36. The van der Waals surface area contributed by atoms with E-state index in [9.17, 15) is 47.9 Å². The van der Waals surface area contributed by atoms with Crippen LogP contribution in [0, 0.1) is 5.92 Å². The van der Waals surface area contributed by atoms with Crippen molar-refractivity contribution < 1.29 is 67.3 Å². The molecule has 0 heterocycles. The van der Waals surface area contributed by atoms with Crippen LogP contribution in [0.4, 0.5) is 4.79 Å². The highest BCUT2D eigenvalue weighted by molar-refractivity contribution is 5.95. The van der Waals surface area contributed by atoms with Crippen molar-refractivity contribution >= 4 is 65.0 Å². The van der Waals surface area contributed by atoms with Gasteiger partial charge >= 0.3 is 12.1 Å². The number of nitrogens with zero attached hydrogens (tertiary/aromatic N) is 1. The van der Waals surface area contributed by atoms with Crippen molar-refractivity contribution in [1.29, 1.82) is 0 Å². The van der Waals surface area contributed by atoms with E-state index < -0.39 is 90.0 Å². The van der Waals surface area contributed by atoms with Gasteiger partial charge in [-0.3, -0.25) is 53.5 Å². The Hall–Kier alpha value is -6.77. The number of amides is 7. The van der Waals surface area contributed by atoms with Gasteiger partial charge in [-0.1, -0.05) is 44.2 Å². The molecule has 73 heavy (non-hydrogen) atoms. The van der Waals surface area contributed by atoms with Gasteiger partial charge in [-0.15, -0.1) is 0 Å². The van der Waals surface area contributed by atoms with Crippen LogP contribution >= 0.6 is 0 Å². The molecule has 1 aromatic rings. The molecule has 7 amide bonds. The van der Waals surface area contributed by atoms with E-state index in [2.05, 4.69) is 47.5 Å². The molecule has 0 bridgehead atoms. The number of carbonyl (C=O) groups is 10. The molecule has 1 rings (SSSR count). The van der Waals surface area contributed by atoms with Gasteiger partial charge in [-0.2, -0.15) is 0 Å². The zero-order valence-electron chi connectivity index (χ0n) is 42.4. The lowest BCUT2D eigenvalue weighted by molar-refractivity contribution is -0.137. The quantitative estimate of drug-likeness (QED) is 0.0187. The minimum Gasteiger partial charge on any atom is -0.481 e.